The molecule has 0 aliphatic heterocycles. The summed E-state index contributed by atoms with van der Waals surface area (Å²) < 4.78 is 0. The first kappa shape index (κ1) is 18.6. The second-order valence-corrected chi connectivity index (χ2v) is 3.57. The Hall–Kier alpha value is -2.35. The minimum absolute atomic E-state index is 0.00553. The molecule has 0 unspecified atom stereocenters. The predicted octanol–water partition coefficient (Wildman–Crippen LogP) is 5.55. The second-order valence-electron chi connectivity index (χ2n) is 3.57. The Kier molecular flexibility index (Phi) is 11.3. The maximum Gasteiger partial charge on any atom is 0.187 e. The van der Waals surface area contributed by atoms with Crippen LogP contribution in [0.25, 0.3) is 0 Å². The quantitative estimate of drug-likeness (QED) is 0.589. The van der Waals surface area contributed by atoms with Crippen LogP contribution in [0.5, 0.6) is 0 Å². The van der Waals surface area contributed by atoms with Gasteiger partial charge in [-0.1, -0.05) is 76.2 Å². The highest BCUT2D eigenvalue weighted by Crippen LogP contribution is 2.05. The fraction of sp³-hybridized carbons (Fsp3) is 0.211. The first-order chi connectivity index (χ1) is 10.4. The number of carbonyl (C=O) groups is 1. The summed E-state index contributed by atoms with van der Waals surface area (Å²) in [6.45, 7) is 8.00. The van der Waals surface area contributed by atoms with E-state index in [1.807, 2.05) is 76.2 Å². The molecule has 2 aromatic carbocycles. The van der Waals surface area contributed by atoms with Gasteiger partial charge in [0.1, 0.15) is 0 Å². The standard InChI is InChI=1S/C15H13NO.2C2H6/c17-15(13-7-3-1-4-8-13)11-12-16-14-9-5-2-6-10-14;2*1-2/h1-12,16H;2*1-2H3/b12-11-;;. The molecular weight excluding hydrogens is 258 g/mol. The van der Waals surface area contributed by atoms with Crippen molar-refractivity contribution in [3.63, 3.8) is 0 Å². The van der Waals surface area contributed by atoms with Gasteiger partial charge in [0.25, 0.3) is 0 Å². The Morgan fingerprint density at radius 1 is 0.810 bits per heavy atom. The van der Waals surface area contributed by atoms with Gasteiger partial charge in [0.05, 0.1) is 0 Å². The van der Waals surface area contributed by atoms with Crippen molar-refractivity contribution in [1.82, 2.24) is 0 Å². The number of hydrogen-bond acceptors (Lipinski definition) is 2. The van der Waals surface area contributed by atoms with Gasteiger partial charge < -0.3 is 5.32 Å². The van der Waals surface area contributed by atoms with E-state index in [0.29, 0.717) is 5.56 Å². The van der Waals surface area contributed by atoms with Gasteiger partial charge in [0, 0.05) is 23.5 Å². The van der Waals surface area contributed by atoms with Crippen molar-refractivity contribution in [2.75, 3.05) is 5.32 Å². The summed E-state index contributed by atoms with van der Waals surface area (Å²) in [4.78, 5) is 11.7. The Labute approximate surface area is 128 Å². The lowest BCUT2D eigenvalue weighted by Crippen LogP contribution is -1.95. The first-order valence-electron chi connectivity index (χ1n) is 7.44. The van der Waals surface area contributed by atoms with Crippen molar-refractivity contribution in [2.24, 2.45) is 0 Å². The van der Waals surface area contributed by atoms with Crippen LogP contribution in [-0.2, 0) is 0 Å². The molecule has 0 fully saturated rings. The number of ketones is 1. The molecular formula is C19H25NO. The lowest BCUT2D eigenvalue weighted by molar-refractivity contribution is 0.104. The van der Waals surface area contributed by atoms with Gasteiger partial charge in [-0.25, -0.2) is 0 Å². The van der Waals surface area contributed by atoms with Gasteiger partial charge in [0.15, 0.2) is 5.78 Å². The Bertz CT molecular complexity index is 504. The van der Waals surface area contributed by atoms with Crippen LogP contribution >= 0.6 is 0 Å². The summed E-state index contributed by atoms with van der Waals surface area (Å²) in [5, 5.41) is 3.04. The van der Waals surface area contributed by atoms with E-state index in [1.165, 1.54) is 6.08 Å². The van der Waals surface area contributed by atoms with E-state index in [2.05, 4.69) is 5.32 Å². The molecule has 1 N–H and O–H groups in total. The van der Waals surface area contributed by atoms with E-state index < -0.39 is 0 Å². The average Bonchev–Trinajstić information content (AvgIpc) is 2.60. The van der Waals surface area contributed by atoms with Gasteiger partial charge in [-0.3, -0.25) is 4.79 Å². The second kappa shape index (κ2) is 12.7. The fourth-order valence-corrected chi connectivity index (χ4v) is 1.45. The third kappa shape index (κ3) is 7.73. The highest BCUT2D eigenvalue weighted by atomic mass is 16.1. The maximum absolute atomic E-state index is 11.7. The van der Waals surface area contributed by atoms with E-state index in [-0.39, 0.29) is 5.78 Å². The number of benzene rings is 2. The fourth-order valence-electron chi connectivity index (χ4n) is 1.45. The van der Waals surface area contributed by atoms with Crippen LogP contribution in [0.1, 0.15) is 38.1 Å². The number of rotatable bonds is 4. The van der Waals surface area contributed by atoms with E-state index in [1.54, 1.807) is 18.3 Å². The average molecular weight is 283 g/mol. The topological polar surface area (TPSA) is 29.1 Å². The molecule has 2 nitrogen and oxygen atoms in total. The van der Waals surface area contributed by atoms with E-state index in [4.69, 9.17) is 0 Å². The highest BCUT2D eigenvalue weighted by Gasteiger charge is 1.98. The molecule has 0 bridgehead atoms. The SMILES string of the molecule is CC.CC.O=C(/C=C\Nc1ccccc1)c1ccccc1. The molecule has 0 aromatic heterocycles. The van der Waals surface area contributed by atoms with Crippen LogP contribution in [0.2, 0.25) is 0 Å². The Balaban J connectivity index is 0.000000921. The van der Waals surface area contributed by atoms with Crippen molar-refractivity contribution in [3.8, 4) is 0 Å². The molecule has 2 aromatic rings. The Morgan fingerprint density at radius 2 is 1.29 bits per heavy atom. The summed E-state index contributed by atoms with van der Waals surface area (Å²) in [7, 11) is 0. The zero-order valence-electron chi connectivity index (χ0n) is 13.3. The minimum Gasteiger partial charge on any atom is -0.362 e. The summed E-state index contributed by atoms with van der Waals surface area (Å²) >= 11 is 0. The molecule has 0 aliphatic rings. The highest BCUT2D eigenvalue weighted by molar-refractivity contribution is 6.04. The van der Waals surface area contributed by atoms with Gasteiger partial charge in [0.2, 0.25) is 0 Å². The number of nitrogens with one attached hydrogen (secondary N) is 1. The largest absolute Gasteiger partial charge is 0.362 e. The molecule has 2 heteroatoms. The molecule has 21 heavy (non-hydrogen) atoms. The summed E-state index contributed by atoms with van der Waals surface area (Å²) in [6, 6.07) is 18.9. The zero-order valence-corrected chi connectivity index (χ0v) is 13.3. The third-order valence-electron chi connectivity index (χ3n) is 2.32. The molecule has 0 atom stereocenters. The summed E-state index contributed by atoms with van der Waals surface area (Å²) in [5.74, 6) is -0.00553. The molecule has 0 aliphatic carbocycles. The van der Waals surface area contributed by atoms with Crippen LogP contribution in [0.3, 0.4) is 0 Å². The van der Waals surface area contributed by atoms with E-state index in [0.717, 1.165) is 5.69 Å². The Morgan fingerprint density at radius 3 is 1.81 bits per heavy atom. The molecule has 0 spiro atoms. The minimum atomic E-state index is -0.00553. The monoisotopic (exact) mass is 283 g/mol. The van der Waals surface area contributed by atoms with Gasteiger partial charge >= 0.3 is 0 Å². The molecule has 2 rings (SSSR count). The van der Waals surface area contributed by atoms with Crippen molar-refractivity contribution in [3.05, 3.63) is 78.5 Å². The van der Waals surface area contributed by atoms with Gasteiger partial charge in [-0.15, -0.1) is 0 Å². The van der Waals surface area contributed by atoms with Crippen LogP contribution in [0, 0.1) is 0 Å². The van der Waals surface area contributed by atoms with Crippen LogP contribution < -0.4 is 5.32 Å². The van der Waals surface area contributed by atoms with Crippen LogP contribution in [0.15, 0.2) is 72.9 Å². The van der Waals surface area contributed by atoms with Crippen molar-refractivity contribution < 1.29 is 4.79 Å². The predicted molar refractivity (Wildman–Crippen MR) is 92.7 cm³/mol. The number of anilines is 1. The number of carbonyl (C=O) groups excluding carboxylic acids is 1. The van der Waals surface area contributed by atoms with Crippen molar-refractivity contribution >= 4 is 11.5 Å². The van der Waals surface area contributed by atoms with Crippen molar-refractivity contribution in [1.29, 1.82) is 0 Å². The van der Waals surface area contributed by atoms with Gasteiger partial charge in [-0.05, 0) is 12.1 Å². The lowest BCUT2D eigenvalue weighted by Gasteiger charge is -1.98. The molecule has 0 radical (unpaired) electrons. The first-order valence-corrected chi connectivity index (χ1v) is 7.44. The molecule has 0 saturated heterocycles. The number of hydrogen-bond donors (Lipinski definition) is 1. The van der Waals surface area contributed by atoms with E-state index in [9.17, 15) is 4.79 Å². The summed E-state index contributed by atoms with van der Waals surface area (Å²) in [6.07, 6.45) is 3.19. The van der Waals surface area contributed by atoms with Crippen LogP contribution in [-0.4, -0.2) is 5.78 Å². The third-order valence-corrected chi connectivity index (χ3v) is 2.32. The zero-order chi connectivity index (χ0) is 15.9. The van der Waals surface area contributed by atoms with Crippen molar-refractivity contribution in [2.45, 2.75) is 27.7 Å². The van der Waals surface area contributed by atoms with Crippen LogP contribution in [0.4, 0.5) is 5.69 Å². The number of para-hydroxylation sites is 1. The van der Waals surface area contributed by atoms with Gasteiger partial charge in [-0.2, -0.15) is 0 Å². The normalized spacial score (nSPS) is 8.95. The molecule has 0 heterocycles. The van der Waals surface area contributed by atoms with E-state index >= 15 is 0 Å². The summed E-state index contributed by atoms with van der Waals surface area (Å²) in [5.41, 5.74) is 1.66. The molecule has 0 amide bonds. The number of allylic oxidation sites excluding steroid dienone is 1. The smallest absolute Gasteiger partial charge is 0.187 e. The maximum atomic E-state index is 11.7. The molecule has 0 saturated carbocycles. The lowest BCUT2D eigenvalue weighted by atomic mass is 10.1. The molecule has 112 valence electrons.